The number of phenolic OH excluding ortho intramolecular Hbond substituents is 1. The number of para-hydroxylation sites is 2. The van der Waals surface area contributed by atoms with Gasteiger partial charge in [0.25, 0.3) is 0 Å². The van der Waals surface area contributed by atoms with E-state index in [0.29, 0.717) is 18.3 Å². The van der Waals surface area contributed by atoms with Gasteiger partial charge in [-0.3, -0.25) is 0 Å². The van der Waals surface area contributed by atoms with Crippen molar-refractivity contribution >= 4 is 5.69 Å². The number of anilines is 1. The maximum absolute atomic E-state index is 9.80. The van der Waals surface area contributed by atoms with Crippen molar-refractivity contribution in [3.05, 3.63) is 60.0 Å². The van der Waals surface area contributed by atoms with Crippen molar-refractivity contribution in [3.8, 4) is 17.2 Å². The van der Waals surface area contributed by atoms with Crippen molar-refractivity contribution in [1.29, 1.82) is 0 Å². The topological polar surface area (TPSA) is 71.2 Å². The fourth-order valence-electron chi connectivity index (χ4n) is 2.08. The molecule has 2 N–H and O–H groups in total. The molecule has 5 nitrogen and oxygen atoms in total. The summed E-state index contributed by atoms with van der Waals surface area (Å²) < 4.78 is 5.47. The standard InChI is InChI=1S/C16H15N3O2/c1-11-18-19-16(21-11)13-7-3-4-8-14(13)17-10-12-6-2-5-9-15(12)20/h2-9,17,20H,10H2,1H3. The molecule has 21 heavy (non-hydrogen) atoms. The summed E-state index contributed by atoms with van der Waals surface area (Å²) in [5, 5.41) is 21.0. The van der Waals surface area contributed by atoms with Gasteiger partial charge < -0.3 is 14.8 Å². The first-order chi connectivity index (χ1) is 10.2. The second-order valence-electron chi connectivity index (χ2n) is 4.65. The summed E-state index contributed by atoms with van der Waals surface area (Å²) in [4.78, 5) is 0. The summed E-state index contributed by atoms with van der Waals surface area (Å²) in [5.41, 5.74) is 2.55. The van der Waals surface area contributed by atoms with Gasteiger partial charge in [0.15, 0.2) is 0 Å². The Morgan fingerprint density at radius 1 is 1.05 bits per heavy atom. The minimum atomic E-state index is 0.274. The molecule has 2 aromatic carbocycles. The van der Waals surface area contributed by atoms with Gasteiger partial charge >= 0.3 is 0 Å². The van der Waals surface area contributed by atoms with Gasteiger partial charge in [0, 0.05) is 24.7 Å². The third-order valence-electron chi connectivity index (χ3n) is 3.14. The second-order valence-corrected chi connectivity index (χ2v) is 4.65. The third-order valence-corrected chi connectivity index (χ3v) is 3.14. The van der Waals surface area contributed by atoms with Crippen molar-refractivity contribution in [2.24, 2.45) is 0 Å². The van der Waals surface area contributed by atoms with Crippen LogP contribution in [0.4, 0.5) is 5.69 Å². The average Bonchev–Trinajstić information content (AvgIpc) is 2.93. The number of hydrogen-bond acceptors (Lipinski definition) is 5. The molecule has 0 saturated heterocycles. The first-order valence-corrected chi connectivity index (χ1v) is 6.64. The van der Waals surface area contributed by atoms with Crippen LogP contribution >= 0.6 is 0 Å². The lowest BCUT2D eigenvalue weighted by atomic mass is 10.1. The van der Waals surface area contributed by atoms with Crippen LogP contribution in [0, 0.1) is 6.92 Å². The Morgan fingerprint density at radius 2 is 1.81 bits per heavy atom. The molecule has 0 unspecified atom stereocenters. The highest BCUT2D eigenvalue weighted by Crippen LogP contribution is 2.27. The maximum atomic E-state index is 9.80. The van der Waals surface area contributed by atoms with E-state index in [1.165, 1.54) is 0 Å². The summed E-state index contributed by atoms with van der Waals surface area (Å²) in [6.45, 7) is 2.27. The van der Waals surface area contributed by atoms with Crippen LogP contribution in [0.15, 0.2) is 52.9 Å². The van der Waals surface area contributed by atoms with E-state index in [2.05, 4.69) is 15.5 Å². The van der Waals surface area contributed by atoms with E-state index in [0.717, 1.165) is 16.8 Å². The number of aryl methyl sites for hydroxylation is 1. The van der Waals surface area contributed by atoms with Crippen molar-refractivity contribution in [2.75, 3.05) is 5.32 Å². The summed E-state index contributed by atoms with van der Waals surface area (Å²) in [5.74, 6) is 1.28. The normalized spacial score (nSPS) is 10.5. The lowest BCUT2D eigenvalue weighted by Crippen LogP contribution is -2.01. The van der Waals surface area contributed by atoms with Gasteiger partial charge in [-0.25, -0.2) is 0 Å². The average molecular weight is 281 g/mol. The Morgan fingerprint density at radius 3 is 2.57 bits per heavy atom. The van der Waals surface area contributed by atoms with Crippen LogP contribution in [-0.2, 0) is 6.54 Å². The Bertz CT molecular complexity index is 753. The number of benzene rings is 2. The number of rotatable bonds is 4. The van der Waals surface area contributed by atoms with Gasteiger partial charge in [-0.15, -0.1) is 10.2 Å². The smallest absolute Gasteiger partial charge is 0.249 e. The molecule has 0 aliphatic carbocycles. The number of hydrogen-bond donors (Lipinski definition) is 2. The van der Waals surface area contributed by atoms with Crippen LogP contribution in [0.1, 0.15) is 11.5 Å². The molecule has 1 heterocycles. The Hall–Kier alpha value is -2.82. The van der Waals surface area contributed by atoms with Gasteiger partial charge in [0.2, 0.25) is 11.8 Å². The predicted octanol–water partition coefficient (Wildman–Crippen LogP) is 3.36. The Kier molecular flexibility index (Phi) is 3.55. The quantitative estimate of drug-likeness (QED) is 0.767. The van der Waals surface area contributed by atoms with Crippen molar-refractivity contribution in [3.63, 3.8) is 0 Å². The van der Waals surface area contributed by atoms with E-state index in [-0.39, 0.29) is 5.75 Å². The molecule has 0 spiro atoms. The summed E-state index contributed by atoms with van der Waals surface area (Å²) in [6, 6.07) is 14.9. The van der Waals surface area contributed by atoms with Crippen LogP contribution in [0.2, 0.25) is 0 Å². The number of phenols is 1. The lowest BCUT2D eigenvalue weighted by molar-refractivity contribution is 0.469. The monoisotopic (exact) mass is 281 g/mol. The summed E-state index contributed by atoms with van der Waals surface area (Å²) in [6.07, 6.45) is 0. The van der Waals surface area contributed by atoms with E-state index in [1.54, 1.807) is 19.1 Å². The van der Waals surface area contributed by atoms with Gasteiger partial charge in [0.1, 0.15) is 5.75 Å². The van der Waals surface area contributed by atoms with E-state index in [9.17, 15) is 5.11 Å². The Labute approximate surface area is 122 Å². The van der Waals surface area contributed by atoms with Crippen LogP contribution in [-0.4, -0.2) is 15.3 Å². The molecule has 0 aliphatic rings. The molecule has 0 amide bonds. The number of nitrogens with zero attached hydrogens (tertiary/aromatic N) is 2. The van der Waals surface area contributed by atoms with Gasteiger partial charge in [-0.2, -0.15) is 0 Å². The highest BCUT2D eigenvalue weighted by atomic mass is 16.4. The molecule has 0 radical (unpaired) electrons. The summed E-state index contributed by atoms with van der Waals surface area (Å²) >= 11 is 0. The van der Waals surface area contributed by atoms with Crippen LogP contribution in [0.5, 0.6) is 5.75 Å². The lowest BCUT2D eigenvalue weighted by Gasteiger charge is -2.10. The van der Waals surface area contributed by atoms with Crippen molar-refractivity contribution < 1.29 is 9.52 Å². The molecule has 5 heteroatoms. The molecule has 3 rings (SSSR count). The summed E-state index contributed by atoms with van der Waals surface area (Å²) in [7, 11) is 0. The Balaban J connectivity index is 1.85. The molecular weight excluding hydrogens is 266 g/mol. The second kappa shape index (κ2) is 5.66. The molecule has 1 aromatic heterocycles. The fraction of sp³-hybridized carbons (Fsp3) is 0.125. The number of aromatic hydroxyl groups is 1. The van der Waals surface area contributed by atoms with Gasteiger partial charge in [-0.1, -0.05) is 30.3 Å². The third kappa shape index (κ3) is 2.86. The fourth-order valence-corrected chi connectivity index (χ4v) is 2.08. The number of nitrogens with one attached hydrogen (secondary N) is 1. The van der Waals surface area contributed by atoms with Crippen LogP contribution in [0.3, 0.4) is 0 Å². The van der Waals surface area contributed by atoms with Crippen molar-refractivity contribution in [1.82, 2.24) is 10.2 Å². The van der Waals surface area contributed by atoms with Gasteiger partial charge in [-0.05, 0) is 18.2 Å². The molecular formula is C16H15N3O2. The molecule has 0 bridgehead atoms. The number of aromatic nitrogens is 2. The van der Waals surface area contributed by atoms with E-state index < -0.39 is 0 Å². The molecule has 0 atom stereocenters. The van der Waals surface area contributed by atoms with E-state index >= 15 is 0 Å². The highest BCUT2D eigenvalue weighted by Gasteiger charge is 2.11. The SMILES string of the molecule is Cc1nnc(-c2ccccc2NCc2ccccc2O)o1. The molecule has 0 fully saturated rings. The largest absolute Gasteiger partial charge is 0.508 e. The minimum absolute atomic E-state index is 0.274. The molecule has 0 aliphatic heterocycles. The predicted molar refractivity (Wildman–Crippen MR) is 79.9 cm³/mol. The zero-order valence-corrected chi connectivity index (χ0v) is 11.6. The van der Waals surface area contributed by atoms with E-state index in [4.69, 9.17) is 4.42 Å². The highest BCUT2D eigenvalue weighted by molar-refractivity contribution is 5.72. The van der Waals surface area contributed by atoms with Crippen molar-refractivity contribution in [2.45, 2.75) is 13.5 Å². The van der Waals surface area contributed by atoms with Gasteiger partial charge in [0.05, 0.1) is 5.56 Å². The minimum Gasteiger partial charge on any atom is -0.508 e. The maximum Gasteiger partial charge on any atom is 0.249 e. The van der Waals surface area contributed by atoms with Crippen LogP contribution in [0.25, 0.3) is 11.5 Å². The molecule has 0 saturated carbocycles. The molecule has 3 aromatic rings. The zero-order valence-electron chi connectivity index (χ0n) is 11.6. The molecule has 106 valence electrons. The first-order valence-electron chi connectivity index (χ1n) is 6.64. The van der Waals surface area contributed by atoms with Crippen LogP contribution < -0.4 is 5.32 Å². The zero-order chi connectivity index (χ0) is 14.7. The van der Waals surface area contributed by atoms with E-state index in [1.807, 2.05) is 36.4 Å². The first kappa shape index (κ1) is 13.2.